The van der Waals surface area contributed by atoms with Gasteiger partial charge in [0, 0.05) is 58.5 Å². The molecule has 6 aromatic carbocycles. The van der Waals surface area contributed by atoms with Gasteiger partial charge in [-0.2, -0.15) is 0 Å². The van der Waals surface area contributed by atoms with Crippen molar-refractivity contribution < 1.29 is 19.2 Å². The van der Waals surface area contributed by atoms with Crippen molar-refractivity contribution in [1.29, 1.82) is 0 Å². The number of carbonyl (C=O) groups excluding carboxylic acids is 4. The summed E-state index contributed by atoms with van der Waals surface area (Å²) >= 11 is 12.1. The molecule has 0 aromatic heterocycles. The molecule has 0 saturated heterocycles. The molecule has 0 radical (unpaired) electrons. The SMILES string of the molecule is CNC(=O)c1cccc(CN2C(=O)[C@@]3(C[C@H]3c3ccc(Cl)cc3)c3ccccc32)c1.CNC(=O)c1cccc(CN2C(=O)[C@]3(C[C@@H]3c3ccc(Cl)cc3)c3ccccc32)c1. The van der Waals surface area contributed by atoms with Crippen LogP contribution in [0.2, 0.25) is 10.0 Å². The molecule has 2 heterocycles. The Morgan fingerprint density at radius 1 is 0.550 bits per heavy atom. The minimum Gasteiger partial charge on any atom is -0.355 e. The first-order valence-corrected chi connectivity index (χ1v) is 20.8. The third-order valence-corrected chi connectivity index (χ3v) is 13.1. The zero-order chi connectivity index (χ0) is 41.8. The summed E-state index contributed by atoms with van der Waals surface area (Å²) in [6, 6.07) is 46.6. The van der Waals surface area contributed by atoms with Crippen LogP contribution in [0.25, 0.3) is 0 Å². The highest BCUT2D eigenvalue weighted by Gasteiger charge is 2.68. The zero-order valence-corrected chi connectivity index (χ0v) is 34.6. The minimum atomic E-state index is -0.497. The average molecular weight is 834 g/mol. The molecule has 2 aliphatic carbocycles. The summed E-state index contributed by atoms with van der Waals surface area (Å²) in [7, 11) is 3.23. The van der Waals surface area contributed by atoms with Gasteiger partial charge in [-0.1, -0.05) is 108 Å². The number of nitrogens with zero attached hydrogens (tertiary/aromatic N) is 2. The number of fused-ring (bicyclic) bond motifs is 4. The van der Waals surface area contributed by atoms with Crippen LogP contribution in [0.15, 0.2) is 146 Å². The number of hydrogen-bond acceptors (Lipinski definition) is 4. The molecule has 4 aliphatic rings. The third kappa shape index (κ3) is 6.64. The molecule has 0 unspecified atom stereocenters. The molecule has 10 heteroatoms. The topological polar surface area (TPSA) is 98.8 Å². The first-order chi connectivity index (χ1) is 29.1. The molecule has 8 nitrogen and oxygen atoms in total. The fraction of sp³-hybridized carbons (Fsp3) is 0.200. The van der Waals surface area contributed by atoms with Crippen LogP contribution in [0.3, 0.4) is 0 Å². The number of hydrogen-bond donors (Lipinski definition) is 2. The van der Waals surface area contributed by atoms with E-state index in [0.717, 1.165) is 57.6 Å². The summed E-state index contributed by atoms with van der Waals surface area (Å²) in [4.78, 5) is 55.1. The Morgan fingerprint density at radius 3 is 1.32 bits per heavy atom. The highest BCUT2D eigenvalue weighted by Crippen LogP contribution is 2.67. The fourth-order valence-corrected chi connectivity index (χ4v) is 9.73. The Balaban J connectivity index is 0.000000154. The van der Waals surface area contributed by atoms with Gasteiger partial charge in [-0.25, -0.2) is 0 Å². The van der Waals surface area contributed by atoms with Crippen molar-refractivity contribution in [2.75, 3.05) is 23.9 Å². The fourth-order valence-electron chi connectivity index (χ4n) is 9.48. The third-order valence-electron chi connectivity index (χ3n) is 12.6. The number of rotatable bonds is 8. The lowest BCUT2D eigenvalue weighted by Crippen LogP contribution is -2.32. The molecule has 300 valence electrons. The molecular weight excluding hydrogens is 791 g/mol. The van der Waals surface area contributed by atoms with E-state index in [4.69, 9.17) is 23.2 Å². The molecule has 10 rings (SSSR count). The first kappa shape index (κ1) is 39.3. The lowest BCUT2D eigenvalue weighted by molar-refractivity contribution is -0.121. The first-order valence-electron chi connectivity index (χ1n) is 20.0. The van der Waals surface area contributed by atoms with E-state index < -0.39 is 10.8 Å². The molecular formula is C50H42Cl2N4O4. The van der Waals surface area contributed by atoms with Gasteiger partial charge in [-0.15, -0.1) is 0 Å². The van der Waals surface area contributed by atoms with Crippen LogP contribution in [-0.4, -0.2) is 37.7 Å². The van der Waals surface area contributed by atoms with E-state index in [-0.39, 0.29) is 35.5 Å². The van der Waals surface area contributed by atoms with E-state index >= 15 is 0 Å². The summed E-state index contributed by atoms with van der Waals surface area (Å²) in [5, 5.41) is 6.69. The summed E-state index contributed by atoms with van der Waals surface area (Å²) in [5.41, 5.74) is 8.46. The van der Waals surface area contributed by atoms with Crippen LogP contribution >= 0.6 is 23.2 Å². The summed E-state index contributed by atoms with van der Waals surface area (Å²) < 4.78 is 0. The predicted molar refractivity (Wildman–Crippen MR) is 236 cm³/mol. The molecule has 0 bridgehead atoms. The molecule has 4 amide bonds. The van der Waals surface area contributed by atoms with Gasteiger partial charge in [0.05, 0.1) is 23.9 Å². The van der Waals surface area contributed by atoms with Gasteiger partial charge in [-0.3, -0.25) is 19.2 Å². The second-order valence-corrected chi connectivity index (χ2v) is 16.8. The lowest BCUT2D eigenvalue weighted by atomic mass is 9.92. The number of nitrogens with one attached hydrogen (secondary N) is 2. The van der Waals surface area contributed by atoms with Gasteiger partial charge in [0.25, 0.3) is 11.8 Å². The Kier molecular flexibility index (Phi) is 10.1. The molecule has 4 atom stereocenters. The van der Waals surface area contributed by atoms with E-state index in [9.17, 15) is 19.2 Å². The molecule has 2 fully saturated rings. The van der Waals surface area contributed by atoms with Crippen molar-refractivity contribution in [2.24, 2.45) is 0 Å². The molecule has 6 aromatic rings. The predicted octanol–water partition coefficient (Wildman–Crippen LogP) is 9.34. The van der Waals surface area contributed by atoms with Gasteiger partial charge in [0.1, 0.15) is 0 Å². The smallest absolute Gasteiger partial charge is 0.251 e. The summed E-state index contributed by atoms with van der Waals surface area (Å²) in [6.45, 7) is 0.880. The molecule has 60 heavy (non-hydrogen) atoms. The molecule has 2 spiro atoms. The van der Waals surface area contributed by atoms with Crippen LogP contribution in [0.4, 0.5) is 11.4 Å². The molecule has 2 saturated carbocycles. The maximum Gasteiger partial charge on any atom is 0.251 e. The van der Waals surface area contributed by atoms with Crippen molar-refractivity contribution in [3.05, 3.63) is 200 Å². The molecule has 2 aliphatic heterocycles. The number of amides is 4. The molecule has 2 N–H and O–H groups in total. The number of halogens is 2. The summed E-state index contributed by atoms with van der Waals surface area (Å²) in [6.07, 6.45) is 1.61. The maximum absolute atomic E-state index is 13.7. The number of carbonyl (C=O) groups is 4. The van der Waals surface area contributed by atoms with Crippen molar-refractivity contribution in [3.8, 4) is 0 Å². The van der Waals surface area contributed by atoms with E-state index in [1.807, 2.05) is 131 Å². The highest BCUT2D eigenvalue weighted by atomic mass is 35.5. The zero-order valence-electron chi connectivity index (χ0n) is 33.1. The quantitative estimate of drug-likeness (QED) is 0.160. The highest BCUT2D eigenvalue weighted by molar-refractivity contribution is 6.30. The maximum atomic E-state index is 13.7. The van der Waals surface area contributed by atoms with Crippen molar-refractivity contribution in [1.82, 2.24) is 10.6 Å². The van der Waals surface area contributed by atoms with Gasteiger partial charge in [-0.05, 0) is 107 Å². The Morgan fingerprint density at radius 2 is 0.933 bits per heavy atom. The average Bonchev–Trinajstić information content (AvgIpc) is 4.19. The number of anilines is 2. The van der Waals surface area contributed by atoms with Crippen LogP contribution in [0.1, 0.15) is 78.8 Å². The second-order valence-electron chi connectivity index (χ2n) is 15.9. The van der Waals surface area contributed by atoms with Crippen LogP contribution in [0.5, 0.6) is 0 Å². The normalized spacial score (nSPS) is 21.6. The Bertz CT molecular complexity index is 2500. The Labute approximate surface area is 359 Å². The minimum absolute atomic E-state index is 0.133. The number of benzene rings is 6. The van der Waals surface area contributed by atoms with Gasteiger partial charge in [0.2, 0.25) is 11.8 Å². The lowest BCUT2D eigenvalue weighted by Gasteiger charge is -2.19. The van der Waals surface area contributed by atoms with Crippen molar-refractivity contribution >= 4 is 58.2 Å². The van der Waals surface area contributed by atoms with Gasteiger partial charge >= 0.3 is 0 Å². The summed E-state index contributed by atoms with van der Waals surface area (Å²) in [5.74, 6) is 0.317. The largest absolute Gasteiger partial charge is 0.355 e. The van der Waals surface area contributed by atoms with E-state index in [1.165, 1.54) is 0 Å². The second kappa shape index (κ2) is 15.4. The van der Waals surface area contributed by atoms with E-state index in [2.05, 4.69) is 22.8 Å². The van der Waals surface area contributed by atoms with Crippen LogP contribution < -0.4 is 20.4 Å². The van der Waals surface area contributed by atoms with Gasteiger partial charge in [0.15, 0.2) is 0 Å². The standard InChI is InChI=1S/2C25H21ClN2O2/c2*1-27-23(29)18-6-4-5-16(13-18)15-28-22-8-3-2-7-20(22)25(24(28)30)14-21(25)17-9-11-19(26)12-10-17/h2*2-13,21H,14-15H2,1H3,(H,27,29)/t2*21-,25-/m10/s1. The van der Waals surface area contributed by atoms with Crippen LogP contribution in [-0.2, 0) is 33.5 Å². The van der Waals surface area contributed by atoms with E-state index in [1.54, 1.807) is 26.2 Å². The van der Waals surface area contributed by atoms with Gasteiger partial charge < -0.3 is 20.4 Å². The van der Waals surface area contributed by atoms with Crippen molar-refractivity contribution in [3.63, 3.8) is 0 Å². The van der Waals surface area contributed by atoms with Crippen LogP contribution in [0, 0.1) is 0 Å². The van der Waals surface area contributed by atoms with Crippen molar-refractivity contribution in [2.45, 2.75) is 48.6 Å². The van der Waals surface area contributed by atoms with E-state index in [0.29, 0.717) is 34.3 Å². The number of para-hydroxylation sites is 2. The monoisotopic (exact) mass is 832 g/mol. The Hall–Kier alpha value is -6.22.